The third kappa shape index (κ3) is 4.44. The molecular weight excluding hydrogens is 450 g/mol. The van der Waals surface area contributed by atoms with Gasteiger partial charge >= 0.3 is 0 Å². The summed E-state index contributed by atoms with van der Waals surface area (Å²) in [4.78, 5) is 26.6. The first-order valence-electron chi connectivity index (χ1n) is 9.97. The summed E-state index contributed by atoms with van der Waals surface area (Å²) in [5, 5.41) is 12.5. The van der Waals surface area contributed by atoms with E-state index in [2.05, 4.69) is 15.5 Å². The predicted molar refractivity (Wildman–Crippen MR) is 124 cm³/mol. The highest BCUT2D eigenvalue weighted by Crippen LogP contribution is 2.37. The van der Waals surface area contributed by atoms with Gasteiger partial charge < -0.3 is 14.6 Å². The normalized spacial score (nSPS) is 14.0. The van der Waals surface area contributed by atoms with E-state index in [-0.39, 0.29) is 30.2 Å². The van der Waals surface area contributed by atoms with Gasteiger partial charge in [-0.25, -0.2) is 0 Å². The predicted octanol–water partition coefficient (Wildman–Crippen LogP) is 3.99. The van der Waals surface area contributed by atoms with Crippen molar-refractivity contribution in [2.45, 2.75) is 25.0 Å². The van der Waals surface area contributed by atoms with Crippen LogP contribution in [0.3, 0.4) is 0 Å². The Morgan fingerprint density at radius 1 is 1.28 bits per heavy atom. The summed E-state index contributed by atoms with van der Waals surface area (Å²) in [5.74, 6) is 1.10. The highest BCUT2D eigenvalue weighted by molar-refractivity contribution is 7.99. The number of fused-ring (bicyclic) bond motifs is 1. The summed E-state index contributed by atoms with van der Waals surface area (Å²) in [6.07, 6.45) is 0. The molecular formula is C22H22ClN5O3S. The number of benzene rings is 2. The average Bonchev–Trinajstić information content (AvgIpc) is 3.14. The van der Waals surface area contributed by atoms with E-state index in [1.807, 2.05) is 57.3 Å². The lowest BCUT2D eigenvalue weighted by atomic mass is 10.1. The number of ether oxygens (including phenoxy) is 1. The standard InChI is InChI=1S/C22H22ClN5O3S/c1-13-8-9-15(10-16(13)23)24-19(29)12-32-22-26-25-21(27(22)3)14(2)28-17-6-4-5-7-18(17)31-11-20(28)30/h4-10,14H,11-12H2,1-3H3,(H,24,29)/t14-/m0/s1. The quantitative estimate of drug-likeness (QED) is 0.547. The maximum atomic E-state index is 12.6. The Kier molecular flexibility index (Phi) is 6.38. The molecule has 32 heavy (non-hydrogen) atoms. The molecule has 2 aromatic carbocycles. The van der Waals surface area contributed by atoms with E-state index >= 15 is 0 Å². The highest BCUT2D eigenvalue weighted by atomic mass is 35.5. The second kappa shape index (κ2) is 9.22. The Balaban J connectivity index is 1.45. The molecule has 8 nitrogen and oxygen atoms in total. The third-order valence-corrected chi connectivity index (χ3v) is 6.59. The zero-order chi connectivity index (χ0) is 22.8. The van der Waals surface area contributed by atoms with Gasteiger partial charge in [-0.2, -0.15) is 0 Å². The first-order valence-corrected chi connectivity index (χ1v) is 11.3. The Morgan fingerprint density at radius 3 is 2.84 bits per heavy atom. The lowest BCUT2D eigenvalue weighted by Crippen LogP contribution is -2.41. The molecule has 1 aliphatic heterocycles. The van der Waals surface area contributed by atoms with E-state index in [4.69, 9.17) is 16.3 Å². The van der Waals surface area contributed by atoms with Crippen LogP contribution >= 0.6 is 23.4 Å². The van der Waals surface area contributed by atoms with Gasteiger partial charge in [-0.3, -0.25) is 14.5 Å². The van der Waals surface area contributed by atoms with Crippen molar-refractivity contribution in [3.63, 3.8) is 0 Å². The van der Waals surface area contributed by atoms with Crippen molar-refractivity contribution in [2.75, 3.05) is 22.6 Å². The van der Waals surface area contributed by atoms with Crippen LogP contribution in [0.5, 0.6) is 5.75 Å². The first-order chi connectivity index (χ1) is 15.3. The number of halogens is 1. The molecule has 0 aliphatic carbocycles. The SMILES string of the molecule is Cc1ccc(NC(=O)CSc2nnc([C@H](C)N3C(=O)COc4ccccc43)n2C)cc1Cl. The van der Waals surface area contributed by atoms with Crippen molar-refractivity contribution in [2.24, 2.45) is 7.05 Å². The van der Waals surface area contributed by atoms with Crippen LogP contribution in [0.25, 0.3) is 0 Å². The summed E-state index contributed by atoms with van der Waals surface area (Å²) in [7, 11) is 1.82. The van der Waals surface area contributed by atoms with Crippen molar-refractivity contribution in [3.05, 3.63) is 58.9 Å². The summed E-state index contributed by atoms with van der Waals surface area (Å²) in [6.45, 7) is 3.77. The number of hydrogen-bond acceptors (Lipinski definition) is 6. The number of nitrogens with one attached hydrogen (secondary N) is 1. The lowest BCUT2D eigenvalue weighted by Gasteiger charge is -2.33. The number of hydrogen-bond donors (Lipinski definition) is 1. The van der Waals surface area contributed by atoms with Crippen molar-refractivity contribution >= 4 is 46.6 Å². The third-order valence-electron chi connectivity index (χ3n) is 5.16. The molecule has 0 unspecified atom stereocenters. The molecule has 4 rings (SSSR count). The van der Waals surface area contributed by atoms with Gasteiger partial charge in [0.05, 0.1) is 17.5 Å². The van der Waals surface area contributed by atoms with Crippen molar-refractivity contribution in [1.82, 2.24) is 14.8 Å². The minimum Gasteiger partial charge on any atom is -0.482 e. The van der Waals surface area contributed by atoms with Gasteiger partial charge in [-0.1, -0.05) is 41.6 Å². The number of thioether (sulfide) groups is 1. The monoisotopic (exact) mass is 471 g/mol. The van der Waals surface area contributed by atoms with Crippen LogP contribution in [0.2, 0.25) is 5.02 Å². The van der Waals surface area contributed by atoms with Crippen LogP contribution in [0.4, 0.5) is 11.4 Å². The van der Waals surface area contributed by atoms with Crippen LogP contribution in [0, 0.1) is 6.92 Å². The molecule has 0 bridgehead atoms. The lowest BCUT2D eigenvalue weighted by molar-refractivity contribution is -0.121. The first kappa shape index (κ1) is 22.2. The van der Waals surface area contributed by atoms with Crippen LogP contribution < -0.4 is 15.0 Å². The number of anilines is 2. The Morgan fingerprint density at radius 2 is 2.06 bits per heavy atom. The van der Waals surface area contributed by atoms with Gasteiger partial charge in [0.25, 0.3) is 5.91 Å². The van der Waals surface area contributed by atoms with Crippen LogP contribution in [-0.2, 0) is 16.6 Å². The molecule has 1 aromatic heterocycles. The molecule has 0 radical (unpaired) electrons. The Labute approximate surface area is 194 Å². The number of aromatic nitrogens is 3. The molecule has 1 atom stereocenters. The van der Waals surface area contributed by atoms with E-state index in [1.165, 1.54) is 11.8 Å². The average molecular weight is 472 g/mol. The van der Waals surface area contributed by atoms with E-state index in [0.717, 1.165) is 5.56 Å². The van der Waals surface area contributed by atoms with Gasteiger partial charge in [0, 0.05) is 17.8 Å². The molecule has 1 aliphatic rings. The molecule has 10 heteroatoms. The molecule has 2 heterocycles. The molecule has 0 spiro atoms. The second-order valence-electron chi connectivity index (χ2n) is 7.40. The summed E-state index contributed by atoms with van der Waals surface area (Å²) < 4.78 is 7.33. The molecule has 0 fully saturated rings. The molecule has 1 N–H and O–H groups in total. The smallest absolute Gasteiger partial charge is 0.265 e. The minimum absolute atomic E-state index is 0.0238. The molecule has 0 saturated heterocycles. The van der Waals surface area contributed by atoms with E-state index < -0.39 is 0 Å². The largest absolute Gasteiger partial charge is 0.482 e. The van der Waals surface area contributed by atoms with Gasteiger partial charge in [0.15, 0.2) is 17.6 Å². The molecule has 2 amide bonds. The summed E-state index contributed by atoms with van der Waals surface area (Å²) in [5.41, 5.74) is 2.29. The van der Waals surface area contributed by atoms with Crippen molar-refractivity contribution < 1.29 is 14.3 Å². The van der Waals surface area contributed by atoms with E-state index in [1.54, 1.807) is 15.5 Å². The maximum Gasteiger partial charge on any atom is 0.265 e. The molecule has 166 valence electrons. The zero-order valence-corrected chi connectivity index (χ0v) is 19.4. The van der Waals surface area contributed by atoms with Crippen LogP contribution in [-0.4, -0.2) is 38.9 Å². The van der Waals surface area contributed by atoms with Gasteiger partial charge in [-0.15, -0.1) is 10.2 Å². The number of aryl methyl sites for hydroxylation is 1. The highest BCUT2D eigenvalue weighted by Gasteiger charge is 2.32. The fraction of sp³-hybridized carbons (Fsp3) is 0.273. The van der Waals surface area contributed by atoms with Gasteiger partial charge in [0.1, 0.15) is 5.75 Å². The van der Waals surface area contributed by atoms with E-state index in [0.29, 0.717) is 33.1 Å². The number of carbonyl (C=O) groups excluding carboxylic acids is 2. The maximum absolute atomic E-state index is 12.6. The number of carbonyl (C=O) groups is 2. The molecule has 3 aromatic rings. The number of rotatable bonds is 6. The Hall–Kier alpha value is -3.04. The van der Waals surface area contributed by atoms with Crippen LogP contribution in [0.15, 0.2) is 47.6 Å². The number of para-hydroxylation sites is 2. The summed E-state index contributed by atoms with van der Waals surface area (Å²) in [6, 6.07) is 12.4. The van der Waals surface area contributed by atoms with E-state index in [9.17, 15) is 9.59 Å². The number of amides is 2. The van der Waals surface area contributed by atoms with Crippen LogP contribution in [0.1, 0.15) is 24.4 Å². The zero-order valence-electron chi connectivity index (χ0n) is 17.8. The van der Waals surface area contributed by atoms with Gasteiger partial charge in [0.2, 0.25) is 5.91 Å². The number of nitrogens with zero attached hydrogens (tertiary/aromatic N) is 4. The second-order valence-corrected chi connectivity index (χ2v) is 8.75. The van der Waals surface area contributed by atoms with Gasteiger partial charge in [-0.05, 0) is 43.7 Å². The summed E-state index contributed by atoms with van der Waals surface area (Å²) >= 11 is 7.38. The Bertz CT molecular complexity index is 1180. The fourth-order valence-corrected chi connectivity index (χ4v) is 4.37. The fourth-order valence-electron chi connectivity index (χ4n) is 3.48. The van der Waals surface area contributed by atoms with Crippen molar-refractivity contribution in [1.29, 1.82) is 0 Å². The topological polar surface area (TPSA) is 89.3 Å². The molecule has 0 saturated carbocycles. The minimum atomic E-state index is -0.358. The van der Waals surface area contributed by atoms with Crippen molar-refractivity contribution in [3.8, 4) is 5.75 Å².